The van der Waals surface area contributed by atoms with Crippen LogP contribution in [0, 0.1) is 0 Å². The van der Waals surface area contributed by atoms with Crippen LogP contribution in [0.15, 0.2) is 170 Å². The first kappa shape index (κ1) is 28.1. The van der Waals surface area contributed by atoms with E-state index in [0.29, 0.717) is 0 Å². The fraction of sp³-hybridized carbons (Fsp3) is 0. The number of fused-ring (bicyclic) bond motifs is 10. The minimum Gasteiger partial charge on any atom is -0.134 e. The first-order valence-corrected chi connectivity index (χ1v) is 18.7. The predicted molar refractivity (Wildman–Crippen MR) is 221 cm³/mol. The van der Waals surface area contributed by atoms with Crippen LogP contribution in [-0.4, -0.2) is 0 Å². The van der Waals surface area contributed by atoms with Crippen LogP contribution in [0.2, 0.25) is 0 Å². The third-order valence-corrected chi connectivity index (χ3v) is 12.9. The van der Waals surface area contributed by atoms with Gasteiger partial charge in [0.25, 0.3) is 0 Å². The maximum atomic E-state index is 2.47. The van der Waals surface area contributed by atoms with E-state index < -0.39 is 0 Å². The highest BCUT2D eigenvalue weighted by molar-refractivity contribution is 7.33. The van der Waals surface area contributed by atoms with E-state index in [0.717, 1.165) is 0 Å². The van der Waals surface area contributed by atoms with Crippen LogP contribution < -0.4 is 0 Å². The Balaban J connectivity index is 1.20. The molecule has 0 aliphatic heterocycles. The monoisotopic (exact) mass is 668 g/mol. The summed E-state index contributed by atoms with van der Waals surface area (Å²) in [6.45, 7) is 0. The maximum Gasteiger partial charge on any atom is 0.0540 e. The van der Waals surface area contributed by atoms with Crippen molar-refractivity contribution in [1.82, 2.24) is 0 Å². The van der Waals surface area contributed by atoms with E-state index in [1.54, 1.807) is 0 Å². The SMILES string of the molecule is c1cc(-c2c3ccccc3c(-c3ccc4ccccc4c3)c3ccccc23)cc(-c2cc3c4ccccc4sc3c3sc4ccccc4c23)c1. The number of hydrogen-bond donors (Lipinski definition) is 0. The molecule has 0 spiro atoms. The van der Waals surface area contributed by atoms with Crippen molar-refractivity contribution in [2.45, 2.75) is 0 Å². The molecule has 50 heavy (non-hydrogen) atoms. The molecular formula is C48H28S2. The summed E-state index contributed by atoms with van der Waals surface area (Å²) in [5, 5.41) is 13.0. The molecule has 0 fully saturated rings. The van der Waals surface area contributed by atoms with Gasteiger partial charge in [0.15, 0.2) is 0 Å². The van der Waals surface area contributed by atoms with E-state index in [1.165, 1.54) is 106 Å². The molecule has 0 bridgehead atoms. The smallest absolute Gasteiger partial charge is 0.0540 e. The molecule has 2 aromatic heterocycles. The molecule has 9 aromatic carbocycles. The van der Waals surface area contributed by atoms with Gasteiger partial charge in [-0.3, -0.25) is 0 Å². The Bertz CT molecular complexity index is 3100. The lowest BCUT2D eigenvalue weighted by Crippen LogP contribution is -1.91. The summed E-state index contributed by atoms with van der Waals surface area (Å²) in [4.78, 5) is 0. The van der Waals surface area contributed by atoms with Gasteiger partial charge in [0.05, 0.1) is 9.40 Å². The molecule has 232 valence electrons. The zero-order chi connectivity index (χ0) is 32.8. The van der Waals surface area contributed by atoms with Crippen molar-refractivity contribution in [2.75, 3.05) is 0 Å². The lowest BCUT2D eigenvalue weighted by atomic mass is 9.85. The molecule has 2 heteroatoms. The zero-order valence-electron chi connectivity index (χ0n) is 27.0. The second-order valence-corrected chi connectivity index (χ2v) is 15.3. The van der Waals surface area contributed by atoms with Crippen LogP contribution in [0.3, 0.4) is 0 Å². The first-order chi connectivity index (χ1) is 24.8. The van der Waals surface area contributed by atoms with Gasteiger partial charge in [0.1, 0.15) is 0 Å². The summed E-state index contributed by atoms with van der Waals surface area (Å²) in [6.07, 6.45) is 0. The number of hydrogen-bond acceptors (Lipinski definition) is 2. The number of benzene rings is 9. The zero-order valence-corrected chi connectivity index (χ0v) is 28.6. The fourth-order valence-electron chi connectivity index (χ4n) is 8.23. The van der Waals surface area contributed by atoms with Gasteiger partial charge in [-0.25, -0.2) is 0 Å². The average molecular weight is 669 g/mol. The van der Waals surface area contributed by atoms with Crippen LogP contribution in [0.4, 0.5) is 0 Å². The van der Waals surface area contributed by atoms with Gasteiger partial charge in [-0.2, -0.15) is 0 Å². The maximum absolute atomic E-state index is 2.47. The lowest BCUT2D eigenvalue weighted by molar-refractivity contribution is 1.65. The van der Waals surface area contributed by atoms with E-state index in [9.17, 15) is 0 Å². The van der Waals surface area contributed by atoms with E-state index in [4.69, 9.17) is 0 Å². The van der Waals surface area contributed by atoms with Gasteiger partial charge in [-0.15, -0.1) is 22.7 Å². The largest absolute Gasteiger partial charge is 0.134 e. The molecule has 0 saturated heterocycles. The van der Waals surface area contributed by atoms with Crippen molar-refractivity contribution in [3.05, 3.63) is 170 Å². The van der Waals surface area contributed by atoms with Gasteiger partial charge in [-0.05, 0) is 96.0 Å². The van der Waals surface area contributed by atoms with Crippen molar-refractivity contribution >= 4 is 95.3 Å². The van der Waals surface area contributed by atoms with Crippen molar-refractivity contribution in [3.63, 3.8) is 0 Å². The van der Waals surface area contributed by atoms with Crippen molar-refractivity contribution in [1.29, 1.82) is 0 Å². The molecule has 0 saturated carbocycles. The summed E-state index contributed by atoms with van der Waals surface area (Å²) in [5.41, 5.74) is 7.62. The highest BCUT2D eigenvalue weighted by atomic mass is 32.1. The fourth-order valence-corrected chi connectivity index (χ4v) is 10.8. The van der Waals surface area contributed by atoms with Gasteiger partial charge in [0, 0.05) is 30.9 Å². The molecule has 0 atom stereocenters. The molecule has 11 aromatic rings. The Morgan fingerprint density at radius 3 is 1.52 bits per heavy atom. The van der Waals surface area contributed by atoms with Crippen molar-refractivity contribution in [3.8, 4) is 33.4 Å². The standard InChI is InChI=1S/C48H28S2/c1-2-13-30-26-33(25-24-29(30)12-1)45-37-19-5-3-17-35(37)44(36-18-4-6-20-38(36)45)32-15-11-14-31(27-32)40-28-41-34-16-7-9-22-42(34)49-47(41)48-46(40)39-21-8-10-23-43(39)50-48/h1-28H. The molecule has 0 N–H and O–H groups in total. The minimum absolute atomic E-state index is 1.24. The summed E-state index contributed by atoms with van der Waals surface area (Å²) in [5.74, 6) is 0. The molecule has 0 nitrogen and oxygen atoms in total. The third kappa shape index (κ3) is 4.10. The molecule has 0 aliphatic carbocycles. The van der Waals surface area contributed by atoms with Crippen molar-refractivity contribution in [2.24, 2.45) is 0 Å². The molecule has 0 aliphatic rings. The average Bonchev–Trinajstić information content (AvgIpc) is 3.75. The molecule has 11 rings (SSSR count). The second kappa shape index (κ2) is 10.9. The molecule has 0 unspecified atom stereocenters. The van der Waals surface area contributed by atoms with Gasteiger partial charge < -0.3 is 0 Å². The lowest BCUT2D eigenvalue weighted by Gasteiger charge is -2.18. The van der Waals surface area contributed by atoms with Crippen LogP contribution in [0.1, 0.15) is 0 Å². The summed E-state index contributed by atoms with van der Waals surface area (Å²) < 4.78 is 5.47. The summed E-state index contributed by atoms with van der Waals surface area (Å²) in [7, 11) is 0. The quantitative estimate of drug-likeness (QED) is 0.164. The third-order valence-electron chi connectivity index (χ3n) is 10.4. The van der Waals surface area contributed by atoms with E-state index in [1.807, 2.05) is 22.7 Å². The normalized spacial score (nSPS) is 12.0. The van der Waals surface area contributed by atoms with Gasteiger partial charge in [0.2, 0.25) is 0 Å². The molecule has 2 heterocycles. The summed E-state index contributed by atoms with van der Waals surface area (Å²) in [6, 6.07) is 63.0. The Labute approximate surface area is 297 Å². The Hall–Kier alpha value is -5.80. The minimum atomic E-state index is 1.24. The van der Waals surface area contributed by atoms with E-state index >= 15 is 0 Å². The highest BCUT2D eigenvalue weighted by Gasteiger charge is 2.20. The Morgan fingerprint density at radius 1 is 0.300 bits per heavy atom. The number of rotatable bonds is 3. The highest BCUT2D eigenvalue weighted by Crippen LogP contribution is 2.50. The van der Waals surface area contributed by atoms with Gasteiger partial charge >= 0.3 is 0 Å². The second-order valence-electron chi connectivity index (χ2n) is 13.2. The van der Waals surface area contributed by atoms with Crippen LogP contribution in [-0.2, 0) is 0 Å². The van der Waals surface area contributed by atoms with Crippen LogP contribution >= 0.6 is 22.7 Å². The topological polar surface area (TPSA) is 0 Å². The Kier molecular flexibility index (Phi) is 6.09. The number of thiophene rings is 2. The Morgan fingerprint density at radius 2 is 0.820 bits per heavy atom. The van der Waals surface area contributed by atoms with Gasteiger partial charge in [-0.1, -0.05) is 140 Å². The van der Waals surface area contributed by atoms with E-state index in [2.05, 4.69) is 170 Å². The molecular weight excluding hydrogens is 641 g/mol. The van der Waals surface area contributed by atoms with E-state index in [-0.39, 0.29) is 0 Å². The first-order valence-electron chi connectivity index (χ1n) is 17.1. The summed E-state index contributed by atoms with van der Waals surface area (Å²) >= 11 is 3.85. The molecule has 0 radical (unpaired) electrons. The van der Waals surface area contributed by atoms with Crippen molar-refractivity contribution < 1.29 is 0 Å². The van der Waals surface area contributed by atoms with Crippen LogP contribution in [0.25, 0.3) is 106 Å². The predicted octanol–water partition coefficient (Wildman–Crippen LogP) is 14.9. The van der Waals surface area contributed by atoms with Crippen LogP contribution in [0.5, 0.6) is 0 Å². The molecule has 0 amide bonds.